The van der Waals surface area contributed by atoms with Gasteiger partial charge >= 0.3 is 6.03 Å². The van der Waals surface area contributed by atoms with E-state index in [1.54, 1.807) is 24.3 Å². The fourth-order valence-corrected chi connectivity index (χ4v) is 4.67. The summed E-state index contributed by atoms with van der Waals surface area (Å²) in [5.41, 5.74) is 3.46. The van der Waals surface area contributed by atoms with Crippen LogP contribution in [0.15, 0.2) is 48.5 Å². The van der Waals surface area contributed by atoms with Crippen LogP contribution in [-0.4, -0.2) is 60.4 Å². The lowest BCUT2D eigenvalue weighted by atomic mass is 9.96. The molecule has 0 atom stereocenters. The van der Waals surface area contributed by atoms with Crippen molar-refractivity contribution in [3.05, 3.63) is 59.7 Å². The second kappa shape index (κ2) is 10.1. The molecule has 0 unspecified atom stereocenters. The molecular formula is C26H32N4O3. The lowest BCUT2D eigenvalue weighted by molar-refractivity contribution is -0.121. The molecule has 0 aliphatic carbocycles. The van der Waals surface area contributed by atoms with E-state index < -0.39 is 0 Å². The highest BCUT2D eigenvalue weighted by molar-refractivity contribution is 6.07. The molecule has 7 nitrogen and oxygen atoms in total. The quantitative estimate of drug-likeness (QED) is 0.751. The molecule has 0 saturated carbocycles. The minimum atomic E-state index is -0.117. The molecule has 0 radical (unpaired) electrons. The summed E-state index contributed by atoms with van der Waals surface area (Å²) in [7, 11) is 0. The zero-order chi connectivity index (χ0) is 23.4. The number of para-hydroxylation sites is 1. The van der Waals surface area contributed by atoms with Crippen molar-refractivity contribution >= 4 is 29.2 Å². The molecule has 4 rings (SSSR count). The van der Waals surface area contributed by atoms with Gasteiger partial charge in [-0.3, -0.25) is 9.59 Å². The van der Waals surface area contributed by atoms with Crippen molar-refractivity contribution < 1.29 is 14.4 Å². The third-order valence-electron chi connectivity index (χ3n) is 6.70. The van der Waals surface area contributed by atoms with Gasteiger partial charge in [0, 0.05) is 55.6 Å². The van der Waals surface area contributed by atoms with Gasteiger partial charge in [0.25, 0.3) is 5.91 Å². The van der Waals surface area contributed by atoms with Gasteiger partial charge in [0.05, 0.1) is 0 Å². The molecule has 174 valence electrons. The first-order valence-electron chi connectivity index (χ1n) is 11.9. The van der Waals surface area contributed by atoms with Crippen LogP contribution in [0.2, 0.25) is 0 Å². The molecule has 1 saturated heterocycles. The van der Waals surface area contributed by atoms with Crippen molar-refractivity contribution in [1.82, 2.24) is 9.80 Å². The van der Waals surface area contributed by atoms with Crippen LogP contribution in [0.4, 0.5) is 16.2 Å². The Morgan fingerprint density at radius 1 is 0.939 bits per heavy atom. The second-order valence-electron chi connectivity index (χ2n) is 8.62. The first-order chi connectivity index (χ1) is 16.0. The van der Waals surface area contributed by atoms with E-state index in [4.69, 9.17) is 0 Å². The Morgan fingerprint density at radius 3 is 2.27 bits per heavy atom. The highest BCUT2D eigenvalue weighted by Gasteiger charge is 2.29. The predicted octanol–water partition coefficient (Wildman–Crippen LogP) is 4.00. The smallest absolute Gasteiger partial charge is 0.319 e. The highest BCUT2D eigenvalue weighted by atomic mass is 16.2. The van der Waals surface area contributed by atoms with E-state index in [9.17, 15) is 14.4 Å². The molecule has 2 heterocycles. The van der Waals surface area contributed by atoms with E-state index in [0.29, 0.717) is 56.8 Å². The number of urea groups is 1. The van der Waals surface area contributed by atoms with Crippen molar-refractivity contribution in [2.45, 2.75) is 33.1 Å². The molecule has 33 heavy (non-hydrogen) atoms. The van der Waals surface area contributed by atoms with Crippen molar-refractivity contribution in [2.75, 3.05) is 42.9 Å². The maximum atomic E-state index is 13.0. The van der Waals surface area contributed by atoms with Gasteiger partial charge in [-0.25, -0.2) is 4.79 Å². The molecule has 0 bridgehead atoms. The highest BCUT2D eigenvalue weighted by Crippen LogP contribution is 2.29. The number of benzene rings is 2. The standard InChI is InChI=1S/C26H32N4O3/c1-3-28(4-2)26(33)29-16-13-20(14-17-29)24(31)27-22-11-9-21(10-12-22)25(32)30-18-15-19-7-5-6-8-23(19)30/h5-12,20H,3-4,13-18H2,1-2H3,(H,27,31). The van der Waals surface area contributed by atoms with Crippen LogP contribution < -0.4 is 10.2 Å². The van der Waals surface area contributed by atoms with Crippen LogP contribution in [0.3, 0.4) is 0 Å². The maximum absolute atomic E-state index is 13.0. The average Bonchev–Trinajstić information content (AvgIpc) is 3.29. The number of rotatable bonds is 5. The van der Waals surface area contributed by atoms with Gasteiger partial charge in [-0.2, -0.15) is 0 Å². The van der Waals surface area contributed by atoms with E-state index >= 15 is 0 Å². The topological polar surface area (TPSA) is 73.0 Å². The molecule has 4 amide bonds. The molecular weight excluding hydrogens is 416 g/mol. The first kappa shape index (κ1) is 22.8. The number of nitrogens with zero attached hydrogens (tertiary/aromatic N) is 3. The number of piperidine rings is 1. The number of hydrogen-bond donors (Lipinski definition) is 1. The summed E-state index contributed by atoms with van der Waals surface area (Å²) in [6, 6.07) is 15.2. The third kappa shape index (κ3) is 4.87. The van der Waals surface area contributed by atoms with E-state index in [0.717, 1.165) is 12.1 Å². The zero-order valence-corrected chi connectivity index (χ0v) is 19.4. The van der Waals surface area contributed by atoms with Crippen LogP contribution in [0.1, 0.15) is 42.6 Å². The molecule has 0 aromatic heterocycles. The van der Waals surface area contributed by atoms with Crippen LogP contribution >= 0.6 is 0 Å². The molecule has 2 aromatic rings. The Labute approximate surface area is 195 Å². The lowest BCUT2D eigenvalue weighted by Crippen LogP contribution is -2.47. The van der Waals surface area contributed by atoms with Crippen LogP contribution in [0, 0.1) is 5.92 Å². The molecule has 2 aromatic carbocycles. The minimum absolute atomic E-state index is 0.0249. The lowest BCUT2D eigenvalue weighted by Gasteiger charge is -2.34. The molecule has 1 N–H and O–H groups in total. The minimum Gasteiger partial charge on any atom is -0.326 e. The van der Waals surface area contributed by atoms with E-state index in [1.807, 2.05) is 46.7 Å². The van der Waals surface area contributed by atoms with Gasteiger partial charge in [0.1, 0.15) is 0 Å². The maximum Gasteiger partial charge on any atom is 0.319 e. The van der Waals surface area contributed by atoms with Crippen molar-refractivity contribution in [3.63, 3.8) is 0 Å². The van der Waals surface area contributed by atoms with Crippen molar-refractivity contribution in [2.24, 2.45) is 5.92 Å². The molecule has 1 fully saturated rings. The number of fused-ring (bicyclic) bond motifs is 1. The summed E-state index contributed by atoms with van der Waals surface area (Å²) in [4.78, 5) is 43.7. The SMILES string of the molecule is CCN(CC)C(=O)N1CCC(C(=O)Nc2ccc(C(=O)N3CCc4ccccc43)cc2)CC1. The summed E-state index contributed by atoms with van der Waals surface area (Å²) in [5, 5.41) is 2.97. The normalized spacial score (nSPS) is 15.8. The van der Waals surface area contributed by atoms with Crippen molar-refractivity contribution in [3.8, 4) is 0 Å². The van der Waals surface area contributed by atoms with E-state index in [2.05, 4.69) is 11.4 Å². The summed E-state index contributed by atoms with van der Waals surface area (Å²) in [6.45, 7) is 7.22. The van der Waals surface area contributed by atoms with Crippen molar-refractivity contribution in [1.29, 1.82) is 0 Å². The molecule has 2 aliphatic rings. The number of carbonyl (C=O) groups is 3. The summed E-state index contributed by atoms with van der Waals surface area (Å²) < 4.78 is 0. The predicted molar refractivity (Wildman–Crippen MR) is 130 cm³/mol. The first-order valence-corrected chi connectivity index (χ1v) is 11.9. The van der Waals surface area contributed by atoms with Crippen LogP contribution in [0.25, 0.3) is 0 Å². The number of likely N-dealkylation sites (tertiary alicyclic amines) is 1. The van der Waals surface area contributed by atoms with Gasteiger partial charge in [0.2, 0.25) is 5.91 Å². The van der Waals surface area contributed by atoms with Crippen LogP contribution in [-0.2, 0) is 11.2 Å². The Kier molecular flexibility index (Phi) is 6.96. The third-order valence-corrected chi connectivity index (χ3v) is 6.70. The van der Waals surface area contributed by atoms with E-state index in [-0.39, 0.29) is 23.8 Å². The number of anilines is 2. The van der Waals surface area contributed by atoms with Gasteiger partial charge in [-0.05, 0) is 69.0 Å². The fraction of sp³-hybridized carbons (Fsp3) is 0.423. The number of hydrogen-bond acceptors (Lipinski definition) is 3. The summed E-state index contributed by atoms with van der Waals surface area (Å²) in [5.74, 6) is -0.172. The number of amides is 4. The fourth-order valence-electron chi connectivity index (χ4n) is 4.67. The van der Waals surface area contributed by atoms with Gasteiger partial charge in [-0.15, -0.1) is 0 Å². The Morgan fingerprint density at radius 2 is 1.61 bits per heavy atom. The summed E-state index contributed by atoms with van der Waals surface area (Å²) in [6.07, 6.45) is 2.18. The van der Waals surface area contributed by atoms with Gasteiger partial charge in [0.15, 0.2) is 0 Å². The largest absolute Gasteiger partial charge is 0.326 e. The summed E-state index contributed by atoms with van der Waals surface area (Å²) >= 11 is 0. The monoisotopic (exact) mass is 448 g/mol. The average molecular weight is 449 g/mol. The van der Waals surface area contributed by atoms with Gasteiger partial charge in [-0.1, -0.05) is 18.2 Å². The Bertz CT molecular complexity index is 1010. The Hall–Kier alpha value is -3.35. The number of carbonyl (C=O) groups excluding carboxylic acids is 3. The molecule has 0 spiro atoms. The molecule has 2 aliphatic heterocycles. The number of nitrogens with one attached hydrogen (secondary N) is 1. The zero-order valence-electron chi connectivity index (χ0n) is 19.4. The van der Waals surface area contributed by atoms with Gasteiger partial charge < -0.3 is 20.0 Å². The second-order valence-corrected chi connectivity index (χ2v) is 8.62. The molecule has 7 heteroatoms. The van der Waals surface area contributed by atoms with E-state index in [1.165, 1.54) is 5.56 Å². The Balaban J connectivity index is 1.31. The van der Waals surface area contributed by atoms with Crippen LogP contribution in [0.5, 0.6) is 0 Å².